The second kappa shape index (κ2) is 11.2. The van der Waals surface area contributed by atoms with Crippen LogP contribution in [0.3, 0.4) is 0 Å². The largest absolute Gasteiger partial charge is 0.493 e. The molecule has 0 atom stereocenters. The summed E-state index contributed by atoms with van der Waals surface area (Å²) >= 11 is 0. The topological polar surface area (TPSA) is 32.8 Å². The van der Waals surface area contributed by atoms with E-state index >= 15 is 0 Å². The Bertz CT molecular complexity index is 973. The number of carbonyl (C=O) groups is 1. The van der Waals surface area contributed by atoms with E-state index in [-0.39, 0.29) is 11.9 Å². The molecule has 0 N–H and O–H groups in total. The number of benzene rings is 3. The van der Waals surface area contributed by atoms with Crippen molar-refractivity contribution >= 4 is 5.91 Å². The highest BCUT2D eigenvalue weighted by molar-refractivity contribution is 5.97. The number of rotatable bonds is 8. The van der Waals surface area contributed by atoms with Crippen molar-refractivity contribution in [2.45, 2.75) is 26.3 Å². The molecule has 0 bridgehead atoms. The third-order valence-corrected chi connectivity index (χ3v) is 6.27. The van der Waals surface area contributed by atoms with Crippen LogP contribution >= 0.6 is 0 Å². The maximum atomic E-state index is 13.4. The highest BCUT2D eigenvalue weighted by Gasteiger charge is 2.29. The maximum Gasteiger partial charge on any atom is 0.257 e. The summed E-state index contributed by atoms with van der Waals surface area (Å²) < 4.78 is 5.98. The van der Waals surface area contributed by atoms with Gasteiger partial charge in [-0.2, -0.15) is 0 Å². The Morgan fingerprint density at radius 3 is 1.91 bits per heavy atom. The van der Waals surface area contributed by atoms with Gasteiger partial charge >= 0.3 is 0 Å². The zero-order valence-electron chi connectivity index (χ0n) is 19.7. The van der Waals surface area contributed by atoms with Gasteiger partial charge in [0.05, 0.1) is 18.2 Å². The Kier molecular flexibility index (Phi) is 7.79. The van der Waals surface area contributed by atoms with E-state index < -0.39 is 0 Å². The van der Waals surface area contributed by atoms with Crippen LogP contribution in [0.2, 0.25) is 0 Å². The van der Waals surface area contributed by atoms with Crippen LogP contribution < -0.4 is 4.74 Å². The number of nitrogens with zero attached hydrogens (tertiary/aromatic N) is 2. The second-order valence-electron chi connectivity index (χ2n) is 9.08. The molecule has 33 heavy (non-hydrogen) atoms. The van der Waals surface area contributed by atoms with Gasteiger partial charge in [-0.1, -0.05) is 86.6 Å². The van der Waals surface area contributed by atoms with Crippen LogP contribution in [0.1, 0.15) is 47.8 Å². The van der Waals surface area contributed by atoms with Gasteiger partial charge in [0.25, 0.3) is 5.91 Å². The van der Waals surface area contributed by atoms with Crippen LogP contribution in [-0.2, 0) is 0 Å². The van der Waals surface area contributed by atoms with Gasteiger partial charge in [0.1, 0.15) is 5.75 Å². The lowest BCUT2D eigenvalue weighted by molar-refractivity contribution is 0.0593. The highest BCUT2D eigenvalue weighted by atomic mass is 16.5. The van der Waals surface area contributed by atoms with E-state index in [9.17, 15) is 4.79 Å². The van der Waals surface area contributed by atoms with Crippen molar-refractivity contribution < 1.29 is 9.53 Å². The van der Waals surface area contributed by atoms with E-state index in [0.29, 0.717) is 36.9 Å². The first-order chi connectivity index (χ1) is 16.1. The van der Waals surface area contributed by atoms with Crippen molar-refractivity contribution in [2.75, 3.05) is 32.8 Å². The average molecular weight is 443 g/mol. The van der Waals surface area contributed by atoms with E-state index in [4.69, 9.17) is 4.74 Å². The van der Waals surface area contributed by atoms with Gasteiger partial charge in [-0.3, -0.25) is 9.69 Å². The smallest absolute Gasteiger partial charge is 0.257 e. The number of carbonyl (C=O) groups excluding carboxylic acids is 1. The Labute approximate surface area is 197 Å². The summed E-state index contributed by atoms with van der Waals surface area (Å²) in [5.74, 6) is 1.32. The van der Waals surface area contributed by atoms with E-state index in [1.807, 2.05) is 29.2 Å². The van der Waals surface area contributed by atoms with Crippen molar-refractivity contribution in [3.05, 3.63) is 102 Å². The minimum absolute atomic E-state index is 0.0609. The lowest BCUT2D eigenvalue weighted by atomic mass is 9.96. The average Bonchev–Trinajstić information content (AvgIpc) is 2.86. The van der Waals surface area contributed by atoms with Crippen LogP contribution in [0, 0.1) is 5.92 Å². The Hall–Kier alpha value is -3.11. The molecule has 0 aliphatic carbocycles. The number of hydrogen-bond acceptors (Lipinski definition) is 3. The fourth-order valence-electron chi connectivity index (χ4n) is 4.41. The first kappa shape index (κ1) is 23.1. The minimum Gasteiger partial charge on any atom is -0.493 e. The summed E-state index contributed by atoms with van der Waals surface area (Å²) in [6, 6.07) is 29.1. The molecule has 172 valence electrons. The van der Waals surface area contributed by atoms with Gasteiger partial charge in [-0.05, 0) is 35.6 Å². The SMILES string of the molecule is CC(C)CCOc1ccccc1C(=O)N1CCN(C(c2ccccc2)c2ccccc2)CC1. The maximum absolute atomic E-state index is 13.4. The molecule has 3 aromatic rings. The van der Waals surface area contributed by atoms with Crippen LogP contribution in [0.25, 0.3) is 0 Å². The first-order valence-electron chi connectivity index (χ1n) is 12.0. The van der Waals surface area contributed by atoms with Crippen molar-refractivity contribution in [2.24, 2.45) is 5.92 Å². The number of ether oxygens (including phenoxy) is 1. The quantitative estimate of drug-likeness (QED) is 0.451. The molecule has 0 radical (unpaired) electrons. The zero-order chi connectivity index (χ0) is 23.0. The van der Waals surface area contributed by atoms with Crippen LogP contribution in [-0.4, -0.2) is 48.5 Å². The van der Waals surface area contributed by atoms with Crippen molar-refractivity contribution in [3.63, 3.8) is 0 Å². The molecule has 0 saturated carbocycles. The molecule has 1 aliphatic heterocycles. The van der Waals surface area contributed by atoms with Gasteiger partial charge in [0, 0.05) is 26.2 Å². The molecule has 1 heterocycles. The monoisotopic (exact) mass is 442 g/mol. The van der Waals surface area contributed by atoms with Crippen LogP contribution in [0.15, 0.2) is 84.9 Å². The molecule has 1 fully saturated rings. The predicted molar refractivity (Wildman–Crippen MR) is 134 cm³/mol. The van der Waals surface area contributed by atoms with E-state index in [2.05, 4.69) is 79.4 Å². The van der Waals surface area contributed by atoms with E-state index in [1.54, 1.807) is 0 Å². The van der Waals surface area contributed by atoms with Gasteiger partial charge in [0.15, 0.2) is 0 Å². The number of piperazine rings is 1. The van der Waals surface area contributed by atoms with Gasteiger partial charge in [-0.25, -0.2) is 0 Å². The van der Waals surface area contributed by atoms with Crippen molar-refractivity contribution in [1.82, 2.24) is 9.80 Å². The molecular weight excluding hydrogens is 408 g/mol. The van der Waals surface area contributed by atoms with Crippen molar-refractivity contribution in [3.8, 4) is 5.75 Å². The summed E-state index contributed by atoms with van der Waals surface area (Å²) in [6.07, 6.45) is 0.974. The highest BCUT2D eigenvalue weighted by Crippen LogP contribution is 2.30. The molecule has 0 aromatic heterocycles. The summed E-state index contributed by atoms with van der Waals surface area (Å²) in [4.78, 5) is 17.8. The second-order valence-corrected chi connectivity index (χ2v) is 9.08. The summed E-state index contributed by atoms with van der Waals surface area (Å²) in [6.45, 7) is 8.06. The lowest BCUT2D eigenvalue weighted by Crippen LogP contribution is -2.49. The van der Waals surface area contributed by atoms with Gasteiger partial charge in [0.2, 0.25) is 0 Å². The molecule has 4 heteroatoms. The third-order valence-electron chi connectivity index (χ3n) is 6.27. The Balaban J connectivity index is 1.45. The minimum atomic E-state index is 0.0609. The van der Waals surface area contributed by atoms with Crippen LogP contribution in [0.4, 0.5) is 0 Å². The Morgan fingerprint density at radius 2 is 1.33 bits per heavy atom. The first-order valence-corrected chi connectivity index (χ1v) is 12.0. The molecule has 0 spiro atoms. The van der Waals surface area contributed by atoms with Gasteiger partial charge in [-0.15, -0.1) is 0 Å². The lowest BCUT2D eigenvalue weighted by Gasteiger charge is -2.40. The predicted octanol–water partition coefficient (Wildman–Crippen LogP) is 5.66. The summed E-state index contributed by atoms with van der Waals surface area (Å²) in [7, 11) is 0. The Morgan fingerprint density at radius 1 is 0.788 bits per heavy atom. The molecule has 1 amide bonds. The number of para-hydroxylation sites is 1. The molecule has 4 nitrogen and oxygen atoms in total. The number of hydrogen-bond donors (Lipinski definition) is 0. The summed E-state index contributed by atoms with van der Waals surface area (Å²) in [5, 5.41) is 0. The van der Waals surface area contributed by atoms with Gasteiger partial charge < -0.3 is 9.64 Å². The zero-order valence-corrected chi connectivity index (χ0v) is 19.7. The molecule has 1 saturated heterocycles. The summed E-state index contributed by atoms with van der Waals surface area (Å²) in [5.41, 5.74) is 3.23. The third kappa shape index (κ3) is 5.82. The van der Waals surface area contributed by atoms with Crippen molar-refractivity contribution in [1.29, 1.82) is 0 Å². The molecule has 0 unspecified atom stereocenters. The fourth-order valence-corrected chi connectivity index (χ4v) is 4.41. The van der Waals surface area contributed by atoms with E-state index in [1.165, 1.54) is 11.1 Å². The van der Waals surface area contributed by atoms with E-state index in [0.717, 1.165) is 19.5 Å². The standard InChI is InChI=1S/C29H34N2O2/c1-23(2)17-22-33-27-16-10-9-15-26(27)29(32)31-20-18-30(19-21-31)28(24-11-5-3-6-12-24)25-13-7-4-8-14-25/h3-16,23,28H,17-22H2,1-2H3. The molecular formula is C29H34N2O2. The molecule has 4 rings (SSSR count). The molecule has 1 aliphatic rings. The van der Waals surface area contributed by atoms with Crippen LogP contribution in [0.5, 0.6) is 5.75 Å². The molecule has 3 aromatic carbocycles. The number of amides is 1. The fraction of sp³-hybridized carbons (Fsp3) is 0.345. The normalized spacial score (nSPS) is 14.6.